The molecule has 0 radical (unpaired) electrons. The number of nitrogens with one attached hydrogen (secondary N) is 1. The van der Waals surface area contributed by atoms with Crippen molar-refractivity contribution in [3.63, 3.8) is 0 Å². The molecule has 3 aromatic carbocycles. The fourth-order valence-corrected chi connectivity index (χ4v) is 5.78. The first kappa shape index (κ1) is 31.9. The first-order valence-corrected chi connectivity index (χ1v) is 15.1. The van der Waals surface area contributed by atoms with E-state index in [9.17, 15) is 22.4 Å². The van der Waals surface area contributed by atoms with Gasteiger partial charge in [-0.25, -0.2) is 12.8 Å². The second kappa shape index (κ2) is 14.3. The van der Waals surface area contributed by atoms with Gasteiger partial charge in [0.2, 0.25) is 11.8 Å². The van der Waals surface area contributed by atoms with E-state index < -0.39 is 34.3 Å². The van der Waals surface area contributed by atoms with Crippen LogP contribution in [0.15, 0.2) is 77.7 Å². The number of rotatable bonds is 13. The van der Waals surface area contributed by atoms with E-state index in [0.717, 1.165) is 22.0 Å². The van der Waals surface area contributed by atoms with Crippen molar-refractivity contribution in [3.05, 3.63) is 89.2 Å². The lowest BCUT2D eigenvalue weighted by atomic mass is 10.1. The lowest BCUT2D eigenvalue weighted by Gasteiger charge is -2.33. The molecule has 0 unspecified atom stereocenters. The summed E-state index contributed by atoms with van der Waals surface area (Å²) in [5, 5.41) is 2.64. The maximum Gasteiger partial charge on any atom is 0.264 e. The van der Waals surface area contributed by atoms with Crippen LogP contribution in [0.5, 0.6) is 5.75 Å². The summed E-state index contributed by atoms with van der Waals surface area (Å²) in [6, 6.07) is 17.1. The molecular formula is C30H35ClFN3O5S. The molecule has 0 aliphatic rings. The minimum atomic E-state index is -4.28. The van der Waals surface area contributed by atoms with Crippen molar-refractivity contribution in [2.45, 2.75) is 57.1 Å². The Morgan fingerprint density at radius 1 is 1.00 bits per heavy atom. The number of amides is 2. The minimum Gasteiger partial charge on any atom is -0.497 e. The quantitative estimate of drug-likeness (QED) is 0.282. The molecule has 11 heteroatoms. The molecule has 0 aliphatic heterocycles. The van der Waals surface area contributed by atoms with Gasteiger partial charge in [-0.05, 0) is 67.8 Å². The maximum absolute atomic E-state index is 14.1. The summed E-state index contributed by atoms with van der Waals surface area (Å²) in [5.41, 5.74) is 0.728. The van der Waals surface area contributed by atoms with Crippen molar-refractivity contribution >= 4 is 39.1 Å². The van der Waals surface area contributed by atoms with E-state index >= 15 is 0 Å². The number of sulfonamides is 1. The Labute approximate surface area is 246 Å². The van der Waals surface area contributed by atoms with Crippen molar-refractivity contribution in [1.29, 1.82) is 0 Å². The summed E-state index contributed by atoms with van der Waals surface area (Å²) in [6.07, 6.45) is 0.987. The van der Waals surface area contributed by atoms with Gasteiger partial charge in [0, 0.05) is 12.6 Å². The summed E-state index contributed by atoms with van der Waals surface area (Å²) in [7, 11) is -2.74. The third kappa shape index (κ3) is 7.98. The zero-order chi connectivity index (χ0) is 30.2. The molecule has 0 fully saturated rings. The molecule has 220 valence electrons. The molecule has 0 spiro atoms. The predicted octanol–water partition coefficient (Wildman–Crippen LogP) is 5.41. The average molecular weight is 604 g/mol. The third-order valence-electron chi connectivity index (χ3n) is 6.70. The molecule has 0 saturated heterocycles. The van der Waals surface area contributed by atoms with Gasteiger partial charge in [-0.3, -0.25) is 13.9 Å². The largest absolute Gasteiger partial charge is 0.497 e. The van der Waals surface area contributed by atoms with Crippen molar-refractivity contribution in [3.8, 4) is 5.75 Å². The number of methoxy groups -OCH3 is 1. The molecule has 0 saturated carbocycles. The van der Waals surface area contributed by atoms with Gasteiger partial charge in [0.05, 0.1) is 22.7 Å². The van der Waals surface area contributed by atoms with Crippen molar-refractivity contribution < 1.29 is 27.1 Å². The van der Waals surface area contributed by atoms with Crippen LogP contribution < -0.4 is 14.4 Å². The monoisotopic (exact) mass is 603 g/mol. The first-order valence-electron chi connectivity index (χ1n) is 13.3. The third-order valence-corrected chi connectivity index (χ3v) is 8.78. The van der Waals surface area contributed by atoms with E-state index in [4.69, 9.17) is 16.3 Å². The highest BCUT2D eigenvalue weighted by atomic mass is 35.5. The number of carbonyl (C=O) groups is 2. The second-order valence-corrected chi connectivity index (χ2v) is 11.8. The molecule has 0 aromatic heterocycles. The normalized spacial score (nSPS) is 12.7. The molecule has 3 aromatic rings. The Bertz CT molecular complexity index is 1440. The predicted molar refractivity (Wildman–Crippen MR) is 158 cm³/mol. The fourth-order valence-electron chi connectivity index (χ4n) is 4.18. The standard InChI is InChI=1S/C30H35ClFN3O5S/c1-5-21(3)33-30(37)28(6-2)34(19-22-12-15-24(40-4)16-13-22)29(36)20-35(23-14-17-27(32)26(31)18-23)41(38,39)25-10-8-7-9-11-25/h7-18,21,28H,5-6,19-20H2,1-4H3,(H,33,37)/t21-,28+/m0/s1. The molecular weight excluding hydrogens is 569 g/mol. The molecule has 2 amide bonds. The Morgan fingerprint density at radius 2 is 1.66 bits per heavy atom. The van der Waals surface area contributed by atoms with Crippen LogP contribution in [0, 0.1) is 5.82 Å². The van der Waals surface area contributed by atoms with Gasteiger partial charge in [0.1, 0.15) is 24.2 Å². The SMILES string of the molecule is CC[C@H](C(=O)N[C@@H](C)CC)N(Cc1ccc(OC)cc1)C(=O)CN(c1ccc(F)c(Cl)c1)S(=O)(=O)c1ccccc1. The number of carbonyl (C=O) groups excluding carboxylic acids is 2. The average Bonchev–Trinajstić information content (AvgIpc) is 2.97. The molecule has 0 heterocycles. The number of hydrogen-bond donors (Lipinski definition) is 1. The summed E-state index contributed by atoms with van der Waals surface area (Å²) in [6.45, 7) is 4.98. The fraction of sp³-hybridized carbons (Fsp3) is 0.333. The van der Waals surface area contributed by atoms with Crippen LogP contribution in [0.3, 0.4) is 0 Å². The minimum absolute atomic E-state index is 0.00936. The van der Waals surface area contributed by atoms with E-state index in [2.05, 4.69) is 5.32 Å². The highest BCUT2D eigenvalue weighted by molar-refractivity contribution is 7.92. The first-order chi connectivity index (χ1) is 19.5. The molecule has 8 nitrogen and oxygen atoms in total. The highest BCUT2D eigenvalue weighted by Crippen LogP contribution is 2.28. The molecule has 0 bridgehead atoms. The van der Waals surface area contributed by atoms with Gasteiger partial charge in [0.25, 0.3) is 10.0 Å². The van der Waals surface area contributed by atoms with Crippen LogP contribution in [-0.4, -0.2) is 50.9 Å². The van der Waals surface area contributed by atoms with Crippen LogP contribution in [0.4, 0.5) is 10.1 Å². The summed E-state index contributed by atoms with van der Waals surface area (Å²) >= 11 is 6.01. The zero-order valence-corrected chi connectivity index (χ0v) is 25.1. The Morgan fingerprint density at radius 3 is 2.22 bits per heavy atom. The molecule has 3 rings (SSSR count). The zero-order valence-electron chi connectivity index (χ0n) is 23.5. The Hall–Kier alpha value is -3.63. The van der Waals surface area contributed by atoms with Crippen LogP contribution in [-0.2, 0) is 26.2 Å². The molecule has 41 heavy (non-hydrogen) atoms. The number of nitrogens with zero attached hydrogens (tertiary/aromatic N) is 2. The van der Waals surface area contributed by atoms with Gasteiger partial charge in [-0.1, -0.05) is 55.8 Å². The van der Waals surface area contributed by atoms with E-state index in [0.29, 0.717) is 12.2 Å². The number of hydrogen-bond acceptors (Lipinski definition) is 5. The number of benzene rings is 3. The van der Waals surface area contributed by atoms with E-state index in [1.54, 1.807) is 56.5 Å². The van der Waals surface area contributed by atoms with Crippen LogP contribution >= 0.6 is 11.6 Å². The van der Waals surface area contributed by atoms with Gasteiger partial charge in [0.15, 0.2) is 0 Å². The second-order valence-electron chi connectivity index (χ2n) is 9.53. The van der Waals surface area contributed by atoms with Gasteiger partial charge >= 0.3 is 0 Å². The molecule has 1 N–H and O–H groups in total. The summed E-state index contributed by atoms with van der Waals surface area (Å²) in [5.74, 6) is -1.06. The van der Waals surface area contributed by atoms with Crippen molar-refractivity contribution in [2.24, 2.45) is 0 Å². The van der Waals surface area contributed by atoms with Crippen LogP contribution in [0.1, 0.15) is 39.2 Å². The lowest BCUT2D eigenvalue weighted by Crippen LogP contribution is -2.53. The molecule has 2 atom stereocenters. The van der Waals surface area contributed by atoms with Gasteiger partial charge in [-0.2, -0.15) is 0 Å². The van der Waals surface area contributed by atoms with E-state index in [-0.39, 0.29) is 40.5 Å². The van der Waals surface area contributed by atoms with E-state index in [1.165, 1.54) is 23.1 Å². The maximum atomic E-state index is 14.1. The summed E-state index contributed by atoms with van der Waals surface area (Å²) < 4.78 is 47.7. The van der Waals surface area contributed by atoms with Gasteiger partial charge in [-0.15, -0.1) is 0 Å². The molecule has 0 aliphatic carbocycles. The van der Waals surface area contributed by atoms with E-state index in [1.807, 2.05) is 13.8 Å². The number of anilines is 1. The Balaban J connectivity index is 2.06. The van der Waals surface area contributed by atoms with Crippen molar-refractivity contribution in [1.82, 2.24) is 10.2 Å². The van der Waals surface area contributed by atoms with Gasteiger partial charge < -0.3 is 15.0 Å². The topological polar surface area (TPSA) is 96.0 Å². The van der Waals surface area contributed by atoms with Crippen LogP contribution in [0.2, 0.25) is 5.02 Å². The lowest BCUT2D eigenvalue weighted by molar-refractivity contribution is -0.140. The highest BCUT2D eigenvalue weighted by Gasteiger charge is 2.34. The smallest absolute Gasteiger partial charge is 0.264 e. The number of halogens is 2. The Kier molecular flexibility index (Phi) is 11.1. The van der Waals surface area contributed by atoms with Crippen molar-refractivity contribution in [2.75, 3.05) is 18.0 Å². The number of ether oxygens (including phenoxy) is 1. The summed E-state index contributed by atoms with van der Waals surface area (Å²) in [4.78, 5) is 28.7. The van der Waals surface area contributed by atoms with Crippen LogP contribution in [0.25, 0.3) is 0 Å².